The maximum absolute atomic E-state index is 5.64. The first-order valence-corrected chi connectivity index (χ1v) is 6.49. The fourth-order valence-corrected chi connectivity index (χ4v) is 2.00. The molecule has 3 nitrogen and oxygen atoms in total. The number of aromatic nitrogens is 1. The number of methoxy groups -OCH3 is 1. The highest BCUT2D eigenvalue weighted by atomic mass is 16.5. The monoisotopic (exact) mass is 247 g/mol. The molecule has 0 aliphatic rings. The minimum Gasteiger partial charge on any atom is -0.494 e. The zero-order chi connectivity index (χ0) is 13.0. The number of rotatable bonds is 6. The number of ether oxygens (including phenoxy) is 2. The van der Waals surface area contributed by atoms with Crippen molar-refractivity contribution in [2.75, 3.05) is 13.7 Å². The summed E-state index contributed by atoms with van der Waals surface area (Å²) in [6, 6.07) is 8.37. The summed E-state index contributed by atoms with van der Waals surface area (Å²) in [5, 5.41) is 1.21. The highest BCUT2D eigenvalue weighted by Gasteiger charge is 2.06. The average Bonchev–Trinajstić information content (AvgIpc) is 2.78. The van der Waals surface area contributed by atoms with Gasteiger partial charge in [0.25, 0.3) is 0 Å². The smallest absolute Gasteiger partial charge is 0.120 e. The lowest BCUT2D eigenvalue weighted by Gasteiger charge is -2.12. The Morgan fingerprint density at radius 3 is 2.83 bits per heavy atom. The zero-order valence-electron chi connectivity index (χ0n) is 11.3. The topological polar surface area (TPSA) is 23.4 Å². The molecule has 1 aromatic heterocycles. The van der Waals surface area contributed by atoms with Gasteiger partial charge in [-0.05, 0) is 37.6 Å². The number of nitrogens with zero attached hydrogens (tertiary/aromatic N) is 1. The van der Waals surface area contributed by atoms with Gasteiger partial charge in [-0.15, -0.1) is 0 Å². The van der Waals surface area contributed by atoms with Crippen LogP contribution in [0.5, 0.6) is 5.75 Å². The van der Waals surface area contributed by atoms with Crippen LogP contribution < -0.4 is 4.74 Å². The fourth-order valence-electron chi connectivity index (χ4n) is 2.00. The zero-order valence-corrected chi connectivity index (χ0v) is 11.3. The Balaban J connectivity index is 2.20. The molecule has 0 bridgehead atoms. The summed E-state index contributed by atoms with van der Waals surface area (Å²) in [5.74, 6) is 0.946. The first kappa shape index (κ1) is 13.0. The Bertz CT molecular complexity index is 504. The van der Waals surface area contributed by atoms with Crippen molar-refractivity contribution in [2.24, 2.45) is 0 Å². The Morgan fingerprint density at radius 2 is 2.11 bits per heavy atom. The van der Waals surface area contributed by atoms with Gasteiger partial charge >= 0.3 is 0 Å². The maximum atomic E-state index is 5.64. The quantitative estimate of drug-likeness (QED) is 0.780. The van der Waals surface area contributed by atoms with E-state index < -0.39 is 0 Å². The van der Waals surface area contributed by atoms with Gasteiger partial charge in [0.05, 0.1) is 12.7 Å². The molecule has 1 unspecified atom stereocenters. The summed E-state index contributed by atoms with van der Waals surface area (Å²) in [5.41, 5.74) is 1.22. The fraction of sp³-hybridized carbons (Fsp3) is 0.467. The van der Waals surface area contributed by atoms with E-state index in [1.165, 1.54) is 10.9 Å². The molecule has 2 aromatic rings. The highest BCUT2D eigenvalue weighted by molar-refractivity contribution is 5.81. The summed E-state index contributed by atoms with van der Waals surface area (Å²) in [6.07, 6.45) is 3.35. The average molecular weight is 247 g/mol. The molecule has 1 aromatic carbocycles. The maximum Gasteiger partial charge on any atom is 0.120 e. The first-order valence-electron chi connectivity index (χ1n) is 6.49. The van der Waals surface area contributed by atoms with Crippen LogP contribution in [0.3, 0.4) is 0 Å². The lowest BCUT2D eigenvalue weighted by molar-refractivity contribution is 0.104. The third kappa shape index (κ3) is 2.85. The minimum atomic E-state index is 0.219. The Hall–Kier alpha value is -1.48. The van der Waals surface area contributed by atoms with Crippen molar-refractivity contribution in [3.05, 3.63) is 30.5 Å². The number of fused-ring (bicyclic) bond motifs is 1. The van der Waals surface area contributed by atoms with Crippen molar-refractivity contribution < 1.29 is 9.47 Å². The van der Waals surface area contributed by atoms with Gasteiger partial charge in [0, 0.05) is 30.8 Å². The molecule has 3 heteroatoms. The van der Waals surface area contributed by atoms with Crippen molar-refractivity contribution in [1.82, 2.24) is 4.57 Å². The third-order valence-corrected chi connectivity index (χ3v) is 3.07. The van der Waals surface area contributed by atoms with E-state index in [-0.39, 0.29) is 6.10 Å². The Morgan fingerprint density at radius 1 is 1.28 bits per heavy atom. The second-order valence-corrected chi connectivity index (χ2v) is 4.58. The predicted molar refractivity (Wildman–Crippen MR) is 74.2 cm³/mol. The van der Waals surface area contributed by atoms with Crippen LogP contribution >= 0.6 is 0 Å². The van der Waals surface area contributed by atoms with Gasteiger partial charge in [-0.3, -0.25) is 0 Å². The second kappa shape index (κ2) is 5.91. The van der Waals surface area contributed by atoms with E-state index in [2.05, 4.69) is 42.8 Å². The molecule has 1 atom stereocenters. The number of benzene rings is 1. The molecule has 0 spiro atoms. The minimum absolute atomic E-state index is 0.219. The lowest BCUT2D eigenvalue weighted by atomic mass is 10.2. The van der Waals surface area contributed by atoms with Gasteiger partial charge < -0.3 is 14.0 Å². The molecule has 0 amide bonds. The van der Waals surface area contributed by atoms with Crippen molar-refractivity contribution in [3.8, 4) is 5.75 Å². The summed E-state index contributed by atoms with van der Waals surface area (Å²) >= 11 is 0. The van der Waals surface area contributed by atoms with Crippen LogP contribution in [0.4, 0.5) is 0 Å². The molecule has 0 saturated heterocycles. The van der Waals surface area contributed by atoms with Gasteiger partial charge in [0.2, 0.25) is 0 Å². The van der Waals surface area contributed by atoms with E-state index >= 15 is 0 Å². The van der Waals surface area contributed by atoms with Gasteiger partial charge in [0.15, 0.2) is 0 Å². The Kier molecular flexibility index (Phi) is 4.26. The van der Waals surface area contributed by atoms with Crippen molar-refractivity contribution in [2.45, 2.75) is 32.9 Å². The van der Waals surface area contributed by atoms with Gasteiger partial charge in [-0.2, -0.15) is 0 Å². The van der Waals surface area contributed by atoms with Gasteiger partial charge in [-0.1, -0.05) is 6.92 Å². The first-order chi connectivity index (χ1) is 8.74. The van der Waals surface area contributed by atoms with Crippen LogP contribution in [-0.2, 0) is 11.3 Å². The summed E-state index contributed by atoms with van der Waals surface area (Å²) in [7, 11) is 1.74. The van der Waals surface area contributed by atoms with E-state index in [1.54, 1.807) is 7.11 Å². The largest absolute Gasteiger partial charge is 0.494 e. The molecule has 18 heavy (non-hydrogen) atoms. The molecule has 0 N–H and O–H groups in total. The molecule has 0 aliphatic carbocycles. The van der Waals surface area contributed by atoms with Crippen LogP contribution in [0.25, 0.3) is 10.9 Å². The van der Waals surface area contributed by atoms with Crippen LogP contribution in [0.1, 0.15) is 20.3 Å². The molecule has 0 radical (unpaired) electrons. The van der Waals surface area contributed by atoms with E-state index in [9.17, 15) is 0 Å². The molecule has 1 heterocycles. The van der Waals surface area contributed by atoms with Crippen LogP contribution in [0, 0.1) is 0 Å². The molecule has 98 valence electrons. The standard InChI is InChI=1S/C15H21NO2/c1-4-9-18-14-5-6-15-13(10-14)7-8-16(15)11-12(2)17-3/h5-8,10,12H,4,9,11H2,1-3H3. The lowest BCUT2D eigenvalue weighted by Crippen LogP contribution is -2.13. The molecule has 0 fully saturated rings. The van der Waals surface area contributed by atoms with Crippen LogP contribution in [-0.4, -0.2) is 24.4 Å². The summed E-state index contributed by atoms with van der Waals surface area (Å²) in [6.45, 7) is 5.83. The molecule has 2 rings (SSSR count). The van der Waals surface area contributed by atoms with Gasteiger partial charge in [-0.25, -0.2) is 0 Å². The normalized spacial score (nSPS) is 12.8. The van der Waals surface area contributed by atoms with Crippen LogP contribution in [0.15, 0.2) is 30.5 Å². The molecular weight excluding hydrogens is 226 g/mol. The summed E-state index contributed by atoms with van der Waals surface area (Å²) < 4.78 is 13.2. The highest BCUT2D eigenvalue weighted by Crippen LogP contribution is 2.22. The number of hydrogen-bond donors (Lipinski definition) is 0. The van der Waals surface area contributed by atoms with Crippen molar-refractivity contribution in [3.63, 3.8) is 0 Å². The van der Waals surface area contributed by atoms with Crippen LogP contribution in [0.2, 0.25) is 0 Å². The molecular formula is C15H21NO2. The second-order valence-electron chi connectivity index (χ2n) is 4.58. The number of hydrogen-bond acceptors (Lipinski definition) is 2. The third-order valence-electron chi connectivity index (χ3n) is 3.07. The Labute approximate surface area is 108 Å². The van der Waals surface area contributed by atoms with E-state index in [1.807, 2.05) is 6.07 Å². The predicted octanol–water partition coefficient (Wildman–Crippen LogP) is 3.47. The van der Waals surface area contributed by atoms with E-state index in [0.717, 1.165) is 25.3 Å². The van der Waals surface area contributed by atoms with Crippen molar-refractivity contribution in [1.29, 1.82) is 0 Å². The molecule has 0 aliphatic heterocycles. The van der Waals surface area contributed by atoms with Gasteiger partial charge in [0.1, 0.15) is 5.75 Å². The van der Waals surface area contributed by atoms with E-state index in [4.69, 9.17) is 9.47 Å². The SMILES string of the molecule is CCCOc1ccc2c(ccn2CC(C)OC)c1. The van der Waals surface area contributed by atoms with E-state index in [0.29, 0.717) is 0 Å². The van der Waals surface area contributed by atoms with Crippen molar-refractivity contribution >= 4 is 10.9 Å². The summed E-state index contributed by atoms with van der Waals surface area (Å²) in [4.78, 5) is 0. The molecule has 0 saturated carbocycles.